The zero-order valence-electron chi connectivity index (χ0n) is 11.5. The van der Waals surface area contributed by atoms with Gasteiger partial charge in [0.25, 0.3) is 0 Å². The number of anilines is 1. The second-order valence-electron chi connectivity index (χ2n) is 6.33. The number of hydrogen-bond donors (Lipinski definition) is 1. The second kappa shape index (κ2) is 5.34. The molecule has 1 aromatic carbocycles. The molecule has 0 spiro atoms. The maximum atomic E-state index is 3.75. The molecule has 1 N–H and O–H groups in total. The van der Waals surface area contributed by atoms with Crippen molar-refractivity contribution in [1.29, 1.82) is 0 Å². The molecule has 98 valence electrons. The molecule has 0 saturated heterocycles. The molecule has 3 rings (SSSR count). The van der Waals surface area contributed by atoms with Gasteiger partial charge in [0, 0.05) is 11.7 Å². The Morgan fingerprint density at radius 1 is 1.00 bits per heavy atom. The molecule has 3 atom stereocenters. The zero-order valence-corrected chi connectivity index (χ0v) is 11.5. The Balaban J connectivity index is 1.61. The van der Waals surface area contributed by atoms with Crippen molar-refractivity contribution < 1.29 is 0 Å². The molecule has 1 heteroatoms. The van der Waals surface area contributed by atoms with Gasteiger partial charge < -0.3 is 5.32 Å². The first kappa shape index (κ1) is 12.1. The molecule has 1 aromatic rings. The van der Waals surface area contributed by atoms with Crippen molar-refractivity contribution in [3.63, 3.8) is 0 Å². The topological polar surface area (TPSA) is 12.0 Å². The number of nitrogens with one attached hydrogen (secondary N) is 1. The largest absolute Gasteiger partial charge is 0.382 e. The number of benzene rings is 1. The fourth-order valence-electron chi connectivity index (χ4n) is 3.98. The van der Waals surface area contributed by atoms with E-state index in [1.165, 1.54) is 56.2 Å². The molecule has 2 fully saturated rings. The van der Waals surface area contributed by atoms with Crippen molar-refractivity contribution in [2.75, 3.05) is 5.32 Å². The third-order valence-electron chi connectivity index (χ3n) is 4.93. The standard InChI is InChI=1S/C17H25N/c1-13-5-4-8-16(11-13)18-17-10-9-14-6-2-3-7-15(14)12-17/h4-5,8,11,14-15,17-18H,2-3,6-7,9-10,12H2,1H3. The molecule has 3 unspecified atom stereocenters. The quantitative estimate of drug-likeness (QED) is 0.789. The maximum absolute atomic E-state index is 3.75. The summed E-state index contributed by atoms with van der Waals surface area (Å²) >= 11 is 0. The monoisotopic (exact) mass is 243 g/mol. The third kappa shape index (κ3) is 2.71. The summed E-state index contributed by atoms with van der Waals surface area (Å²) in [7, 11) is 0. The Labute approximate surface area is 111 Å². The lowest BCUT2D eigenvalue weighted by Crippen LogP contribution is -2.34. The van der Waals surface area contributed by atoms with Crippen molar-refractivity contribution in [2.45, 2.75) is 57.9 Å². The summed E-state index contributed by atoms with van der Waals surface area (Å²) < 4.78 is 0. The van der Waals surface area contributed by atoms with Gasteiger partial charge in [0.15, 0.2) is 0 Å². The fraction of sp³-hybridized carbons (Fsp3) is 0.647. The molecule has 0 aromatic heterocycles. The molecule has 18 heavy (non-hydrogen) atoms. The van der Waals surface area contributed by atoms with Crippen LogP contribution in [0.5, 0.6) is 0 Å². The minimum Gasteiger partial charge on any atom is -0.382 e. The summed E-state index contributed by atoms with van der Waals surface area (Å²) in [6.07, 6.45) is 10.2. The van der Waals surface area contributed by atoms with Crippen LogP contribution in [0.4, 0.5) is 5.69 Å². The van der Waals surface area contributed by atoms with E-state index in [1.807, 2.05) is 0 Å². The van der Waals surface area contributed by atoms with Gasteiger partial charge in [-0.25, -0.2) is 0 Å². The summed E-state index contributed by atoms with van der Waals surface area (Å²) in [4.78, 5) is 0. The van der Waals surface area contributed by atoms with E-state index >= 15 is 0 Å². The van der Waals surface area contributed by atoms with Crippen molar-refractivity contribution in [2.24, 2.45) is 11.8 Å². The van der Waals surface area contributed by atoms with Crippen LogP contribution >= 0.6 is 0 Å². The van der Waals surface area contributed by atoms with Crippen LogP contribution in [0, 0.1) is 18.8 Å². The normalized spacial score (nSPS) is 31.7. The van der Waals surface area contributed by atoms with E-state index in [0.29, 0.717) is 6.04 Å². The van der Waals surface area contributed by atoms with E-state index in [1.54, 1.807) is 0 Å². The molecule has 0 amide bonds. The van der Waals surface area contributed by atoms with Gasteiger partial charge in [-0.15, -0.1) is 0 Å². The Morgan fingerprint density at radius 2 is 1.83 bits per heavy atom. The molecular formula is C17H25N. The summed E-state index contributed by atoms with van der Waals surface area (Å²) in [6.45, 7) is 2.17. The van der Waals surface area contributed by atoms with Crippen LogP contribution in [-0.4, -0.2) is 6.04 Å². The highest BCUT2D eigenvalue weighted by atomic mass is 14.9. The number of fused-ring (bicyclic) bond motifs is 1. The maximum Gasteiger partial charge on any atom is 0.0344 e. The Kier molecular flexibility index (Phi) is 3.58. The number of hydrogen-bond acceptors (Lipinski definition) is 1. The first-order valence-corrected chi connectivity index (χ1v) is 7.64. The highest BCUT2D eigenvalue weighted by molar-refractivity contribution is 5.46. The third-order valence-corrected chi connectivity index (χ3v) is 4.93. The molecule has 1 nitrogen and oxygen atoms in total. The van der Waals surface area contributed by atoms with Gasteiger partial charge in [-0.2, -0.15) is 0 Å². The Morgan fingerprint density at radius 3 is 2.67 bits per heavy atom. The van der Waals surface area contributed by atoms with Gasteiger partial charge in [-0.3, -0.25) is 0 Å². The summed E-state index contributed by atoms with van der Waals surface area (Å²) in [5.74, 6) is 2.06. The molecule has 2 aliphatic carbocycles. The summed E-state index contributed by atoms with van der Waals surface area (Å²) in [6, 6.07) is 9.52. The number of aryl methyl sites for hydroxylation is 1. The van der Waals surface area contributed by atoms with Gasteiger partial charge >= 0.3 is 0 Å². The first-order valence-electron chi connectivity index (χ1n) is 7.64. The van der Waals surface area contributed by atoms with Crippen molar-refractivity contribution in [1.82, 2.24) is 0 Å². The summed E-state index contributed by atoms with van der Waals surface area (Å²) in [5.41, 5.74) is 2.67. The average molecular weight is 243 g/mol. The van der Waals surface area contributed by atoms with Crippen molar-refractivity contribution >= 4 is 5.69 Å². The van der Waals surface area contributed by atoms with Gasteiger partial charge in [0.05, 0.1) is 0 Å². The van der Waals surface area contributed by atoms with Crippen LogP contribution < -0.4 is 5.32 Å². The lowest BCUT2D eigenvalue weighted by Gasteiger charge is -2.39. The Bertz CT molecular complexity index is 398. The molecule has 0 bridgehead atoms. The minimum absolute atomic E-state index is 0.714. The van der Waals surface area contributed by atoms with Crippen LogP contribution in [0.15, 0.2) is 24.3 Å². The molecule has 2 aliphatic rings. The second-order valence-corrected chi connectivity index (χ2v) is 6.33. The predicted octanol–water partition coefficient (Wildman–Crippen LogP) is 4.77. The molecular weight excluding hydrogens is 218 g/mol. The van der Waals surface area contributed by atoms with Crippen LogP contribution in [0.25, 0.3) is 0 Å². The first-order chi connectivity index (χ1) is 8.81. The van der Waals surface area contributed by atoms with E-state index in [2.05, 4.69) is 36.5 Å². The lowest BCUT2D eigenvalue weighted by molar-refractivity contribution is 0.162. The van der Waals surface area contributed by atoms with E-state index in [9.17, 15) is 0 Å². The smallest absolute Gasteiger partial charge is 0.0344 e. The predicted molar refractivity (Wildman–Crippen MR) is 77.9 cm³/mol. The highest BCUT2D eigenvalue weighted by Crippen LogP contribution is 2.41. The van der Waals surface area contributed by atoms with Crippen molar-refractivity contribution in [3.05, 3.63) is 29.8 Å². The van der Waals surface area contributed by atoms with Gasteiger partial charge in [-0.1, -0.05) is 37.8 Å². The number of rotatable bonds is 2. The van der Waals surface area contributed by atoms with Gasteiger partial charge in [0.1, 0.15) is 0 Å². The zero-order chi connectivity index (χ0) is 12.4. The molecule has 0 aliphatic heterocycles. The summed E-state index contributed by atoms with van der Waals surface area (Å²) in [5, 5.41) is 3.75. The van der Waals surface area contributed by atoms with Crippen LogP contribution in [-0.2, 0) is 0 Å². The van der Waals surface area contributed by atoms with E-state index < -0.39 is 0 Å². The van der Waals surface area contributed by atoms with E-state index in [-0.39, 0.29) is 0 Å². The average Bonchev–Trinajstić information content (AvgIpc) is 2.39. The van der Waals surface area contributed by atoms with Crippen LogP contribution in [0.1, 0.15) is 50.5 Å². The van der Waals surface area contributed by atoms with E-state index in [4.69, 9.17) is 0 Å². The Hall–Kier alpha value is -0.980. The SMILES string of the molecule is Cc1cccc(NC2CCC3CCCCC3C2)c1. The molecule has 2 saturated carbocycles. The van der Waals surface area contributed by atoms with Gasteiger partial charge in [-0.05, 0) is 55.7 Å². The van der Waals surface area contributed by atoms with Crippen LogP contribution in [0.2, 0.25) is 0 Å². The van der Waals surface area contributed by atoms with E-state index in [0.717, 1.165) is 11.8 Å². The highest BCUT2D eigenvalue weighted by Gasteiger charge is 2.31. The minimum atomic E-state index is 0.714. The fourth-order valence-corrected chi connectivity index (χ4v) is 3.98. The van der Waals surface area contributed by atoms with Crippen molar-refractivity contribution in [3.8, 4) is 0 Å². The molecule has 0 heterocycles. The van der Waals surface area contributed by atoms with Gasteiger partial charge in [0.2, 0.25) is 0 Å². The van der Waals surface area contributed by atoms with Crippen LogP contribution in [0.3, 0.4) is 0 Å². The molecule has 0 radical (unpaired) electrons. The lowest BCUT2D eigenvalue weighted by atomic mass is 9.69.